The van der Waals surface area contributed by atoms with Gasteiger partial charge in [0.15, 0.2) is 0 Å². The van der Waals surface area contributed by atoms with E-state index in [1.165, 1.54) is 0 Å². The standard InChI is InChI=1S/C10H15ClN2S/c1-7(6-14-3)13-9-4-5-12-8(2)10(9)11/h4-5,7H,6H2,1-3H3,(H,12,13). The maximum absolute atomic E-state index is 6.11. The van der Waals surface area contributed by atoms with Gasteiger partial charge in [0.05, 0.1) is 16.4 Å². The summed E-state index contributed by atoms with van der Waals surface area (Å²) in [6.45, 7) is 4.05. The van der Waals surface area contributed by atoms with E-state index in [2.05, 4.69) is 23.5 Å². The van der Waals surface area contributed by atoms with Crippen LogP contribution in [0.5, 0.6) is 0 Å². The lowest BCUT2D eigenvalue weighted by atomic mass is 10.3. The number of aromatic nitrogens is 1. The fourth-order valence-corrected chi connectivity index (χ4v) is 1.97. The average Bonchev–Trinajstić information content (AvgIpc) is 2.13. The molecule has 14 heavy (non-hydrogen) atoms. The summed E-state index contributed by atoms with van der Waals surface area (Å²) in [5.74, 6) is 1.07. The van der Waals surface area contributed by atoms with Gasteiger partial charge in [0, 0.05) is 18.0 Å². The highest BCUT2D eigenvalue weighted by Crippen LogP contribution is 2.24. The molecule has 0 amide bonds. The minimum atomic E-state index is 0.421. The molecule has 1 N–H and O–H groups in total. The molecule has 0 aliphatic rings. The van der Waals surface area contributed by atoms with Gasteiger partial charge in [-0.1, -0.05) is 11.6 Å². The second kappa shape index (κ2) is 5.47. The SMILES string of the molecule is CSCC(C)Nc1ccnc(C)c1Cl. The van der Waals surface area contributed by atoms with E-state index in [9.17, 15) is 0 Å². The Labute approximate surface area is 94.5 Å². The van der Waals surface area contributed by atoms with E-state index >= 15 is 0 Å². The molecule has 1 aromatic heterocycles. The highest BCUT2D eigenvalue weighted by Gasteiger charge is 2.06. The van der Waals surface area contributed by atoms with Gasteiger partial charge in [0.25, 0.3) is 0 Å². The lowest BCUT2D eigenvalue weighted by Gasteiger charge is -2.15. The summed E-state index contributed by atoms with van der Waals surface area (Å²) < 4.78 is 0. The predicted octanol–water partition coefficient (Wildman–Crippen LogP) is 3.21. The smallest absolute Gasteiger partial charge is 0.0849 e. The van der Waals surface area contributed by atoms with Crippen LogP contribution in [-0.2, 0) is 0 Å². The summed E-state index contributed by atoms with van der Waals surface area (Å²) in [5.41, 5.74) is 1.84. The maximum Gasteiger partial charge on any atom is 0.0849 e. The number of hydrogen-bond donors (Lipinski definition) is 1. The molecule has 1 unspecified atom stereocenters. The van der Waals surface area contributed by atoms with Gasteiger partial charge >= 0.3 is 0 Å². The van der Waals surface area contributed by atoms with Crippen LogP contribution in [0.2, 0.25) is 5.02 Å². The number of pyridine rings is 1. The van der Waals surface area contributed by atoms with Gasteiger partial charge in [-0.15, -0.1) is 0 Å². The van der Waals surface area contributed by atoms with E-state index in [1.807, 2.05) is 24.8 Å². The Hall–Kier alpha value is -0.410. The Kier molecular flexibility index (Phi) is 4.55. The van der Waals surface area contributed by atoms with Crippen LogP contribution < -0.4 is 5.32 Å². The molecular formula is C10H15ClN2S. The van der Waals surface area contributed by atoms with E-state index < -0.39 is 0 Å². The molecule has 0 aliphatic heterocycles. The molecule has 1 aromatic rings. The summed E-state index contributed by atoms with van der Waals surface area (Å²) in [4.78, 5) is 4.12. The average molecular weight is 231 g/mol. The molecule has 1 rings (SSSR count). The fourth-order valence-electron chi connectivity index (χ4n) is 1.22. The Bertz CT molecular complexity index is 304. The van der Waals surface area contributed by atoms with Crippen LogP contribution in [0.25, 0.3) is 0 Å². The fraction of sp³-hybridized carbons (Fsp3) is 0.500. The minimum absolute atomic E-state index is 0.421. The van der Waals surface area contributed by atoms with Crippen LogP contribution >= 0.6 is 23.4 Å². The third kappa shape index (κ3) is 3.07. The molecule has 0 aliphatic carbocycles. The van der Waals surface area contributed by atoms with E-state index in [1.54, 1.807) is 6.20 Å². The summed E-state index contributed by atoms with van der Waals surface area (Å²) in [5, 5.41) is 4.08. The molecule has 0 spiro atoms. The molecule has 0 saturated heterocycles. The summed E-state index contributed by atoms with van der Waals surface area (Å²) in [6.07, 6.45) is 3.87. The van der Waals surface area contributed by atoms with Crippen LogP contribution in [-0.4, -0.2) is 23.0 Å². The second-order valence-corrected chi connectivity index (χ2v) is 4.55. The molecule has 1 atom stereocenters. The Balaban J connectivity index is 2.71. The number of halogens is 1. The number of hydrogen-bond acceptors (Lipinski definition) is 3. The second-order valence-electron chi connectivity index (χ2n) is 3.26. The Morgan fingerprint density at radius 2 is 2.36 bits per heavy atom. The highest BCUT2D eigenvalue weighted by atomic mass is 35.5. The zero-order valence-electron chi connectivity index (χ0n) is 8.67. The molecule has 2 nitrogen and oxygen atoms in total. The molecule has 0 fully saturated rings. The van der Waals surface area contributed by atoms with Crippen LogP contribution in [0.1, 0.15) is 12.6 Å². The monoisotopic (exact) mass is 230 g/mol. The van der Waals surface area contributed by atoms with Crippen molar-refractivity contribution < 1.29 is 0 Å². The first-order valence-corrected chi connectivity index (χ1v) is 6.29. The van der Waals surface area contributed by atoms with Crippen LogP contribution in [0.4, 0.5) is 5.69 Å². The quantitative estimate of drug-likeness (QED) is 0.860. The molecule has 78 valence electrons. The zero-order chi connectivity index (χ0) is 10.6. The van der Waals surface area contributed by atoms with Crippen LogP contribution in [0.3, 0.4) is 0 Å². The third-order valence-corrected chi connectivity index (χ3v) is 3.19. The van der Waals surface area contributed by atoms with Crippen LogP contribution in [0, 0.1) is 6.92 Å². The largest absolute Gasteiger partial charge is 0.380 e. The first kappa shape index (κ1) is 11.7. The lowest BCUT2D eigenvalue weighted by molar-refractivity contribution is 0.912. The normalized spacial score (nSPS) is 12.6. The Morgan fingerprint density at radius 1 is 1.64 bits per heavy atom. The molecular weight excluding hydrogens is 216 g/mol. The van der Waals surface area contributed by atoms with E-state index in [0.29, 0.717) is 6.04 Å². The van der Waals surface area contributed by atoms with Gasteiger partial charge in [-0.05, 0) is 26.2 Å². The van der Waals surface area contributed by atoms with Crippen molar-refractivity contribution in [1.29, 1.82) is 0 Å². The van der Waals surface area contributed by atoms with Gasteiger partial charge in [-0.2, -0.15) is 11.8 Å². The van der Waals surface area contributed by atoms with Crippen molar-refractivity contribution in [2.45, 2.75) is 19.9 Å². The van der Waals surface area contributed by atoms with Crippen LogP contribution in [0.15, 0.2) is 12.3 Å². The minimum Gasteiger partial charge on any atom is -0.380 e. The van der Waals surface area contributed by atoms with Gasteiger partial charge < -0.3 is 5.32 Å². The number of thioether (sulfide) groups is 1. The number of aryl methyl sites for hydroxylation is 1. The lowest BCUT2D eigenvalue weighted by Crippen LogP contribution is -2.18. The van der Waals surface area contributed by atoms with E-state index in [0.717, 1.165) is 22.2 Å². The number of nitrogens with one attached hydrogen (secondary N) is 1. The van der Waals surface area contributed by atoms with Gasteiger partial charge in [-0.25, -0.2) is 0 Å². The number of anilines is 1. The van der Waals surface area contributed by atoms with E-state index in [4.69, 9.17) is 11.6 Å². The van der Waals surface area contributed by atoms with Crippen molar-refractivity contribution >= 4 is 29.1 Å². The number of rotatable bonds is 4. The predicted molar refractivity (Wildman–Crippen MR) is 65.5 cm³/mol. The summed E-state index contributed by atoms with van der Waals surface area (Å²) in [7, 11) is 0. The maximum atomic E-state index is 6.11. The molecule has 0 aromatic carbocycles. The molecule has 0 saturated carbocycles. The molecule has 4 heteroatoms. The molecule has 0 radical (unpaired) electrons. The van der Waals surface area contributed by atoms with Crippen molar-refractivity contribution in [1.82, 2.24) is 4.98 Å². The van der Waals surface area contributed by atoms with Gasteiger partial charge in [-0.3, -0.25) is 4.98 Å². The number of nitrogens with zero attached hydrogens (tertiary/aromatic N) is 1. The molecule has 1 heterocycles. The van der Waals surface area contributed by atoms with Crippen molar-refractivity contribution in [3.8, 4) is 0 Å². The van der Waals surface area contributed by atoms with Crippen molar-refractivity contribution in [3.63, 3.8) is 0 Å². The van der Waals surface area contributed by atoms with Crippen molar-refractivity contribution in [2.75, 3.05) is 17.3 Å². The topological polar surface area (TPSA) is 24.9 Å². The third-order valence-electron chi connectivity index (χ3n) is 1.88. The summed E-state index contributed by atoms with van der Waals surface area (Å²) >= 11 is 7.92. The van der Waals surface area contributed by atoms with Gasteiger partial charge in [0.1, 0.15) is 0 Å². The summed E-state index contributed by atoms with van der Waals surface area (Å²) in [6, 6.07) is 2.33. The highest BCUT2D eigenvalue weighted by molar-refractivity contribution is 7.98. The molecule has 0 bridgehead atoms. The van der Waals surface area contributed by atoms with E-state index in [-0.39, 0.29) is 0 Å². The first-order valence-electron chi connectivity index (χ1n) is 4.51. The zero-order valence-corrected chi connectivity index (χ0v) is 10.2. The Morgan fingerprint density at radius 3 is 3.00 bits per heavy atom. The van der Waals surface area contributed by atoms with Crippen molar-refractivity contribution in [2.24, 2.45) is 0 Å². The van der Waals surface area contributed by atoms with Crippen molar-refractivity contribution in [3.05, 3.63) is 23.0 Å². The first-order chi connectivity index (χ1) is 6.65. The van der Waals surface area contributed by atoms with Gasteiger partial charge in [0.2, 0.25) is 0 Å².